The molecular weight excluding hydrogens is 300 g/mol. The molecule has 0 aromatic heterocycles. The first-order valence-electron chi connectivity index (χ1n) is 7.75. The molecule has 1 saturated heterocycles. The second kappa shape index (κ2) is 6.78. The highest BCUT2D eigenvalue weighted by molar-refractivity contribution is 6.31. The van der Waals surface area contributed by atoms with Crippen molar-refractivity contribution in [2.45, 2.75) is 52.2 Å². The van der Waals surface area contributed by atoms with Crippen LogP contribution in [0.2, 0.25) is 5.02 Å². The Morgan fingerprint density at radius 2 is 1.95 bits per heavy atom. The lowest BCUT2D eigenvalue weighted by Gasteiger charge is -2.34. The number of carbonyl (C=O) groups excluding carboxylic acids is 1. The SMILES string of the molecule is Cc1cc(NC2CCN(C(=O)OC(C)(C)C)CC2)ccc1Cl. The van der Waals surface area contributed by atoms with Crippen molar-refractivity contribution >= 4 is 23.4 Å². The lowest BCUT2D eigenvalue weighted by Crippen LogP contribution is -2.44. The maximum Gasteiger partial charge on any atom is 0.410 e. The highest BCUT2D eigenvalue weighted by Crippen LogP contribution is 2.22. The standard InChI is InChI=1S/C17H25ClN2O2/c1-12-11-14(5-6-15(12)18)19-13-7-9-20(10-8-13)16(21)22-17(2,3)4/h5-6,11,13,19H,7-10H2,1-4H3. The first kappa shape index (κ1) is 16.9. The van der Waals surface area contributed by atoms with Crippen LogP contribution >= 0.6 is 11.6 Å². The summed E-state index contributed by atoms with van der Waals surface area (Å²) in [4.78, 5) is 13.8. The van der Waals surface area contributed by atoms with Gasteiger partial charge in [-0.1, -0.05) is 11.6 Å². The fourth-order valence-corrected chi connectivity index (χ4v) is 2.62. The molecule has 0 radical (unpaired) electrons. The Balaban J connectivity index is 1.84. The molecule has 1 heterocycles. The number of hydrogen-bond donors (Lipinski definition) is 1. The number of benzene rings is 1. The van der Waals surface area contributed by atoms with Gasteiger partial charge in [-0.05, 0) is 64.3 Å². The van der Waals surface area contributed by atoms with E-state index in [9.17, 15) is 4.79 Å². The second-order valence-corrected chi connectivity index (χ2v) is 7.26. The number of likely N-dealkylation sites (tertiary alicyclic amines) is 1. The summed E-state index contributed by atoms with van der Waals surface area (Å²) in [6, 6.07) is 6.34. The molecule has 0 saturated carbocycles. The number of rotatable bonds is 2. The summed E-state index contributed by atoms with van der Waals surface area (Å²) < 4.78 is 5.41. The average Bonchev–Trinajstić information content (AvgIpc) is 2.42. The fourth-order valence-electron chi connectivity index (χ4n) is 2.50. The van der Waals surface area contributed by atoms with E-state index in [-0.39, 0.29) is 6.09 Å². The Morgan fingerprint density at radius 1 is 1.32 bits per heavy atom. The van der Waals surface area contributed by atoms with Gasteiger partial charge in [0.05, 0.1) is 0 Å². The van der Waals surface area contributed by atoms with E-state index in [0.29, 0.717) is 6.04 Å². The molecule has 0 aliphatic carbocycles. The van der Waals surface area contributed by atoms with E-state index in [1.165, 1.54) is 0 Å². The summed E-state index contributed by atoms with van der Waals surface area (Å²) in [5, 5.41) is 4.30. The average molecular weight is 325 g/mol. The third-order valence-corrected chi connectivity index (χ3v) is 4.10. The van der Waals surface area contributed by atoms with Gasteiger partial charge >= 0.3 is 6.09 Å². The summed E-state index contributed by atoms with van der Waals surface area (Å²) in [7, 11) is 0. The minimum absolute atomic E-state index is 0.215. The number of amides is 1. The predicted octanol–water partition coefficient (Wildman–Crippen LogP) is 4.46. The molecule has 122 valence electrons. The van der Waals surface area contributed by atoms with Crippen LogP contribution < -0.4 is 5.32 Å². The maximum atomic E-state index is 12.0. The van der Waals surface area contributed by atoms with Gasteiger partial charge in [0.15, 0.2) is 0 Å². The van der Waals surface area contributed by atoms with Crippen LogP contribution in [0.5, 0.6) is 0 Å². The largest absolute Gasteiger partial charge is 0.444 e. The normalized spacial score (nSPS) is 16.5. The van der Waals surface area contributed by atoms with Crippen molar-refractivity contribution in [1.82, 2.24) is 4.90 Å². The second-order valence-electron chi connectivity index (χ2n) is 6.85. The van der Waals surface area contributed by atoms with Gasteiger partial charge in [0, 0.05) is 29.8 Å². The van der Waals surface area contributed by atoms with Crippen molar-refractivity contribution in [3.8, 4) is 0 Å². The van der Waals surface area contributed by atoms with Crippen LogP contribution in [0.3, 0.4) is 0 Å². The van der Waals surface area contributed by atoms with Crippen LogP contribution in [0.15, 0.2) is 18.2 Å². The Morgan fingerprint density at radius 3 is 2.50 bits per heavy atom. The number of hydrogen-bond acceptors (Lipinski definition) is 3. The predicted molar refractivity (Wildman–Crippen MR) is 90.6 cm³/mol. The summed E-state index contributed by atoms with van der Waals surface area (Å²) in [5.74, 6) is 0. The summed E-state index contributed by atoms with van der Waals surface area (Å²) in [6.45, 7) is 9.11. The van der Waals surface area contributed by atoms with E-state index >= 15 is 0 Å². The van der Waals surface area contributed by atoms with Gasteiger partial charge in [-0.15, -0.1) is 0 Å². The van der Waals surface area contributed by atoms with E-state index in [1.54, 1.807) is 4.90 Å². The third kappa shape index (κ3) is 4.80. The van der Waals surface area contributed by atoms with Crippen LogP contribution in [0.4, 0.5) is 10.5 Å². The van der Waals surface area contributed by atoms with E-state index < -0.39 is 5.60 Å². The van der Waals surface area contributed by atoms with E-state index in [4.69, 9.17) is 16.3 Å². The van der Waals surface area contributed by atoms with E-state index in [1.807, 2.05) is 39.8 Å². The Hall–Kier alpha value is -1.42. The molecule has 22 heavy (non-hydrogen) atoms. The lowest BCUT2D eigenvalue weighted by atomic mass is 10.0. The minimum Gasteiger partial charge on any atom is -0.444 e. The zero-order chi connectivity index (χ0) is 16.3. The van der Waals surface area contributed by atoms with Gasteiger partial charge in [0.1, 0.15) is 5.60 Å². The lowest BCUT2D eigenvalue weighted by molar-refractivity contribution is 0.0210. The van der Waals surface area contributed by atoms with Crippen molar-refractivity contribution in [3.63, 3.8) is 0 Å². The van der Waals surface area contributed by atoms with Gasteiger partial charge in [-0.3, -0.25) is 0 Å². The number of piperidine rings is 1. The molecule has 1 aromatic rings. The van der Waals surface area contributed by atoms with Gasteiger partial charge in [-0.25, -0.2) is 4.79 Å². The number of halogens is 1. The monoisotopic (exact) mass is 324 g/mol. The molecule has 5 heteroatoms. The number of carbonyl (C=O) groups is 1. The molecule has 0 spiro atoms. The smallest absolute Gasteiger partial charge is 0.410 e. The van der Waals surface area contributed by atoms with Crippen molar-refractivity contribution in [2.75, 3.05) is 18.4 Å². The summed E-state index contributed by atoms with van der Waals surface area (Å²) in [6.07, 6.45) is 1.62. The molecular formula is C17H25ClN2O2. The Kier molecular flexibility index (Phi) is 5.22. The van der Waals surface area contributed by atoms with Crippen molar-refractivity contribution in [2.24, 2.45) is 0 Å². The number of nitrogens with zero attached hydrogens (tertiary/aromatic N) is 1. The topological polar surface area (TPSA) is 41.6 Å². The van der Waals surface area contributed by atoms with Crippen LogP contribution in [-0.2, 0) is 4.74 Å². The highest BCUT2D eigenvalue weighted by Gasteiger charge is 2.26. The zero-order valence-corrected chi connectivity index (χ0v) is 14.5. The van der Waals surface area contributed by atoms with Crippen molar-refractivity contribution in [3.05, 3.63) is 28.8 Å². The van der Waals surface area contributed by atoms with Crippen LogP contribution in [-0.4, -0.2) is 35.7 Å². The summed E-state index contributed by atoms with van der Waals surface area (Å²) >= 11 is 6.04. The molecule has 1 aromatic carbocycles. The van der Waals surface area contributed by atoms with Crippen LogP contribution in [0, 0.1) is 6.92 Å². The maximum absolute atomic E-state index is 12.0. The number of ether oxygens (including phenoxy) is 1. The van der Waals surface area contributed by atoms with E-state index in [2.05, 4.69) is 11.4 Å². The van der Waals surface area contributed by atoms with Gasteiger partial charge in [0.25, 0.3) is 0 Å². The molecule has 1 aliphatic rings. The first-order valence-corrected chi connectivity index (χ1v) is 8.13. The van der Waals surface area contributed by atoms with Crippen molar-refractivity contribution in [1.29, 1.82) is 0 Å². The molecule has 1 aliphatic heterocycles. The highest BCUT2D eigenvalue weighted by atomic mass is 35.5. The van der Waals surface area contributed by atoms with Crippen LogP contribution in [0.25, 0.3) is 0 Å². The molecule has 2 rings (SSSR count). The van der Waals surface area contributed by atoms with Crippen LogP contribution in [0.1, 0.15) is 39.2 Å². The summed E-state index contributed by atoms with van der Waals surface area (Å²) in [5.41, 5.74) is 1.71. The van der Waals surface area contributed by atoms with Gasteiger partial charge in [-0.2, -0.15) is 0 Å². The zero-order valence-electron chi connectivity index (χ0n) is 13.8. The Labute approximate surface area is 137 Å². The number of nitrogens with one attached hydrogen (secondary N) is 1. The Bertz CT molecular complexity index is 532. The number of aryl methyl sites for hydroxylation is 1. The fraction of sp³-hybridized carbons (Fsp3) is 0.588. The van der Waals surface area contributed by atoms with E-state index in [0.717, 1.165) is 42.2 Å². The van der Waals surface area contributed by atoms with Crippen molar-refractivity contribution < 1.29 is 9.53 Å². The van der Waals surface area contributed by atoms with Gasteiger partial charge < -0.3 is 15.0 Å². The molecule has 4 nitrogen and oxygen atoms in total. The molecule has 1 fully saturated rings. The number of anilines is 1. The third-order valence-electron chi connectivity index (χ3n) is 3.68. The molecule has 0 bridgehead atoms. The van der Waals surface area contributed by atoms with Gasteiger partial charge in [0.2, 0.25) is 0 Å². The molecule has 1 N–H and O–H groups in total. The minimum atomic E-state index is -0.437. The first-order chi connectivity index (χ1) is 10.2. The molecule has 1 amide bonds. The molecule has 0 unspecified atom stereocenters. The quantitative estimate of drug-likeness (QED) is 0.873. The molecule has 0 atom stereocenters.